The molecule has 4 N–H and O–H groups in total. The molecule has 0 unspecified atom stereocenters. The highest BCUT2D eigenvalue weighted by Crippen LogP contribution is 2.29. The summed E-state index contributed by atoms with van der Waals surface area (Å²) in [5, 5.41) is 31.7. The van der Waals surface area contributed by atoms with Gasteiger partial charge < -0.3 is 16.1 Å². The van der Waals surface area contributed by atoms with Crippen LogP contribution in [0.3, 0.4) is 0 Å². The smallest absolute Gasteiger partial charge is 0.320 e. The normalized spacial score (nSPS) is 16.5. The summed E-state index contributed by atoms with van der Waals surface area (Å²) in [6, 6.07) is 0.360. The number of non-ortho nitro benzene ring substituents is 1. The first-order chi connectivity index (χ1) is 12.2. The molecule has 0 saturated carbocycles. The lowest BCUT2D eigenvalue weighted by Crippen LogP contribution is -2.44. The Morgan fingerprint density at radius 2 is 1.92 bits per heavy atom. The number of urea groups is 1. The van der Waals surface area contributed by atoms with Crippen LogP contribution < -0.4 is 21.4 Å². The number of rotatable bonds is 6. The van der Waals surface area contributed by atoms with E-state index < -0.39 is 50.8 Å². The fourth-order valence-corrected chi connectivity index (χ4v) is 2.05. The van der Waals surface area contributed by atoms with Crippen LogP contribution in [0.2, 0.25) is 0 Å². The first kappa shape index (κ1) is 18.2. The molecule has 136 valence electrons. The van der Waals surface area contributed by atoms with Crippen LogP contribution in [0.25, 0.3) is 0 Å². The second-order valence-corrected chi connectivity index (χ2v) is 4.79. The minimum absolute atomic E-state index is 0.348. The summed E-state index contributed by atoms with van der Waals surface area (Å²) in [5.74, 6) is -1.86. The fraction of sp³-hybridized carbons (Fsp3) is 0.167. The van der Waals surface area contributed by atoms with Crippen molar-refractivity contribution in [3.8, 4) is 0 Å². The van der Waals surface area contributed by atoms with Crippen LogP contribution in [0.1, 0.15) is 0 Å². The Kier molecular flexibility index (Phi) is 5.05. The molecule has 1 aliphatic rings. The number of carbonyl (C=O) groups is 3. The summed E-state index contributed by atoms with van der Waals surface area (Å²) in [6.07, 6.45) is 0. The third-order valence-electron chi connectivity index (χ3n) is 3.15. The summed E-state index contributed by atoms with van der Waals surface area (Å²) < 4.78 is 0. The third kappa shape index (κ3) is 3.69. The number of anilines is 1. The molecule has 1 atom stereocenters. The van der Waals surface area contributed by atoms with Gasteiger partial charge in [0.25, 0.3) is 23.2 Å². The van der Waals surface area contributed by atoms with Gasteiger partial charge in [-0.2, -0.15) is 5.10 Å². The lowest BCUT2D eigenvalue weighted by Gasteiger charge is -2.12. The molecule has 0 aromatic heterocycles. The van der Waals surface area contributed by atoms with E-state index in [1.807, 2.05) is 5.32 Å². The Hall–Kier alpha value is -4.10. The summed E-state index contributed by atoms with van der Waals surface area (Å²) in [7, 11) is 1.33. The van der Waals surface area contributed by atoms with E-state index in [2.05, 4.69) is 21.2 Å². The van der Waals surface area contributed by atoms with Gasteiger partial charge in [-0.3, -0.25) is 35.1 Å². The largest absolute Gasteiger partial charge is 0.322 e. The fourth-order valence-electron chi connectivity index (χ4n) is 2.05. The van der Waals surface area contributed by atoms with Crippen molar-refractivity contribution in [3.63, 3.8) is 0 Å². The standard InChI is InChI=1S/C12H11N7O7/c1-13-17-9(8-10(20)16-12(22)15-8)11(21)14-6-3-2-5(18(23)24)4-7(6)19(25)26/h2-4,8,13H,1H3,(H,14,21)(H2,15,16,20,22)/b17-9-/t8-/m0/s1. The van der Waals surface area contributed by atoms with E-state index in [1.165, 1.54) is 7.05 Å². The number of nitrogens with one attached hydrogen (secondary N) is 4. The SMILES string of the molecule is CN/N=C(\C(=O)Nc1ccc([N+](=O)[O-])cc1[N+](=O)[O-])[C@@H]1NC(=O)NC1=O. The summed E-state index contributed by atoms with van der Waals surface area (Å²) >= 11 is 0. The predicted molar refractivity (Wildman–Crippen MR) is 85.3 cm³/mol. The van der Waals surface area contributed by atoms with Gasteiger partial charge in [-0.25, -0.2) is 4.79 Å². The van der Waals surface area contributed by atoms with Gasteiger partial charge >= 0.3 is 6.03 Å². The van der Waals surface area contributed by atoms with E-state index >= 15 is 0 Å². The maximum absolute atomic E-state index is 12.4. The van der Waals surface area contributed by atoms with Gasteiger partial charge in [0.2, 0.25) is 0 Å². The molecule has 1 heterocycles. The van der Waals surface area contributed by atoms with Gasteiger partial charge in [0.1, 0.15) is 5.69 Å². The van der Waals surface area contributed by atoms with Crippen molar-refractivity contribution in [1.82, 2.24) is 16.1 Å². The van der Waals surface area contributed by atoms with E-state index in [4.69, 9.17) is 0 Å². The number of hydrogen-bond acceptors (Lipinski definition) is 9. The number of nitro groups is 2. The van der Waals surface area contributed by atoms with Crippen molar-refractivity contribution in [2.24, 2.45) is 5.10 Å². The average molecular weight is 365 g/mol. The highest BCUT2D eigenvalue weighted by molar-refractivity contribution is 6.49. The quantitative estimate of drug-likeness (QED) is 0.218. The molecule has 2 rings (SSSR count). The molecule has 0 radical (unpaired) electrons. The maximum Gasteiger partial charge on any atom is 0.322 e. The predicted octanol–water partition coefficient (Wildman–Crippen LogP) is -0.775. The van der Waals surface area contributed by atoms with Crippen LogP contribution in [0.5, 0.6) is 0 Å². The minimum atomic E-state index is -1.41. The molecule has 1 aromatic carbocycles. The molecule has 0 bridgehead atoms. The van der Waals surface area contributed by atoms with Crippen molar-refractivity contribution in [2.45, 2.75) is 6.04 Å². The van der Waals surface area contributed by atoms with Crippen LogP contribution in [-0.4, -0.2) is 46.5 Å². The highest BCUT2D eigenvalue weighted by atomic mass is 16.6. The monoisotopic (exact) mass is 365 g/mol. The summed E-state index contributed by atoms with van der Waals surface area (Å²) in [4.78, 5) is 55.3. The summed E-state index contributed by atoms with van der Waals surface area (Å²) in [5.41, 5.74) is 0.198. The first-order valence-corrected chi connectivity index (χ1v) is 6.84. The van der Waals surface area contributed by atoms with Crippen LogP contribution in [0.4, 0.5) is 21.9 Å². The Morgan fingerprint density at radius 1 is 1.23 bits per heavy atom. The van der Waals surface area contributed by atoms with Gasteiger partial charge in [-0.05, 0) is 6.07 Å². The zero-order valence-electron chi connectivity index (χ0n) is 13.0. The maximum atomic E-state index is 12.4. The molecule has 4 amide bonds. The Morgan fingerprint density at radius 3 is 2.42 bits per heavy atom. The topological polar surface area (TPSA) is 198 Å². The molecule has 0 aliphatic carbocycles. The number of imide groups is 1. The van der Waals surface area contributed by atoms with Crippen LogP contribution in [0, 0.1) is 20.2 Å². The number of nitro benzene ring substituents is 2. The summed E-state index contributed by atoms with van der Waals surface area (Å²) in [6.45, 7) is 0. The highest BCUT2D eigenvalue weighted by Gasteiger charge is 2.38. The number of carbonyl (C=O) groups excluding carboxylic acids is 3. The molecule has 1 fully saturated rings. The van der Waals surface area contributed by atoms with Crippen LogP contribution >= 0.6 is 0 Å². The molecule has 26 heavy (non-hydrogen) atoms. The van der Waals surface area contributed by atoms with Crippen molar-refractivity contribution in [1.29, 1.82) is 0 Å². The molecule has 0 spiro atoms. The Labute approximate surface area is 143 Å². The van der Waals surface area contributed by atoms with Gasteiger partial charge in [0.15, 0.2) is 11.8 Å². The molecule has 14 heteroatoms. The van der Waals surface area contributed by atoms with Gasteiger partial charge in [0, 0.05) is 13.1 Å². The van der Waals surface area contributed by atoms with E-state index in [0.29, 0.717) is 6.07 Å². The minimum Gasteiger partial charge on any atom is -0.320 e. The zero-order valence-corrected chi connectivity index (χ0v) is 13.0. The molecule has 14 nitrogen and oxygen atoms in total. The molecule has 1 aromatic rings. The molecular formula is C12H11N7O7. The van der Waals surface area contributed by atoms with Gasteiger partial charge in [0.05, 0.1) is 15.9 Å². The number of amides is 4. The van der Waals surface area contributed by atoms with Crippen LogP contribution in [0.15, 0.2) is 23.3 Å². The van der Waals surface area contributed by atoms with Crippen molar-refractivity contribution in [2.75, 3.05) is 12.4 Å². The lowest BCUT2D eigenvalue weighted by molar-refractivity contribution is -0.393. The number of hydrogen-bond donors (Lipinski definition) is 4. The molecule has 1 saturated heterocycles. The van der Waals surface area contributed by atoms with E-state index in [1.54, 1.807) is 0 Å². The average Bonchev–Trinajstić information content (AvgIpc) is 2.90. The van der Waals surface area contributed by atoms with E-state index in [0.717, 1.165) is 12.1 Å². The van der Waals surface area contributed by atoms with Gasteiger partial charge in [-0.15, -0.1) is 0 Å². The third-order valence-corrected chi connectivity index (χ3v) is 3.15. The van der Waals surface area contributed by atoms with E-state index in [-0.39, 0.29) is 5.69 Å². The Bertz CT molecular complexity index is 850. The second-order valence-electron chi connectivity index (χ2n) is 4.79. The zero-order chi connectivity index (χ0) is 19.4. The molecular weight excluding hydrogens is 354 g/mol. The lowest BCUT2D eigenvalue weighted by atomic mass is 10.1. The number of benzene rings is 1. The van der Waals surface area contributed by atoms with Gasteiger partial charge in [-0.1, -0.05) is 0 Å². The first-order valence-electron chi connectivity index (χ1n) is 6.84. The van der Waals surface area contributed by atoms with Crippen molar-refractivity contribution >= 4 is 40.6 Å². The van der Waals surface area contributed by atoms with Crippen molar-refractivity contribution < 1.29 is 24.2 Å². The van der Waals surface area contributed by atoms with E-state index in [9.17, 15) is 34.6 Å². The molecule has 1 aliphatic heterocycles. The van der Waals surface area contributed by atoms with Crippen molar-refractivity contribution in [3.05, 3.63) is 38.4 Å². The van der Waals surface area contributed by atoms with Crippen LogP contribution in [-0.2, 0) is 9.59 Å². The number of nitrogens with zero attached hydrogens (tertiary/aromatic N) is 3. The second kappa shape index (κ2) is 7.20. The Balaban J connectivity index is 2.34. The number of hydrazone groups is 1.